The zero-order chi connectivity index (χ0) is 16.0. The number of carbonyl (C=O) groups is 1. The van der Waals surface area contributed by atoms with Gasteiger partial charge in [-0.3, -0.25) is 9.69 Å². The van der Waals surface area contributed by atoms with Crippen molar-refractivity contribution in [3.63, 3.8) is 0 Å². The first-order chi connectivity index (χ1) is 11.1. The minimum atomic E-state index is -0.448. The van der Waals surface area contributed by atoms with E-state index in [0.717, 1.165) is 24.1 Å². The van der Waals surface area contributed by atoms with Crippen LogP contribution in [0, 0.1) is 0 Å². The molecule has 2 aliphatic heterocycles. The molecule has 1 amide bonds. The number of fused-ring (bicyclic) bond motifs is 1. The molecule has 23 heavy (non-hydrogen) atoms. The number of amides is 1. The van der Waals surface area contributed by atoms with Crippen LogP contribution in [0.3, 0.4) is 0 Å². The van der Waals surface area contributed by atoms with E-state index in [4.69, 9.17) is 0 Å². The summed E-state index contributed by atoms with van der Waals surface area (Å²) in [5.41, 5.74) is 2.48. The number of imidazole rings is 1. The molecule has 0 aliphatic carbocycles. The third kappa shape index (κ3) is 2.52. The number of carbonyl (C=O) groups excluding carboxylic acids is 1. The van der Waals surface area contributed by atoms with E-state index in [1.54, 1.807) is 11.2 Å². The van der Waals surface area contributed by atoms with E-state index < -0.39 is 6.10 Å². The number of benzene rings is 1. The molecule has 2 atom stereocenters. The summed E-state index contributed by atoms with van der Waals surface area (Å²) in [5, 5.41) is 10.3. The number of hydrogen-bond donors (Lipinski definition) is 1. The number of nitrogens with zero attached hydrogens (tertiary/aromatic N) is 4. The van der Waals surface area contributed by atoms with Crippen molar-refractivity contribution in [3.8, 4) is 0 Å². The number of rotatable bonds is 2. The molecule has 122 valence electrons. The molecule has 3 heterocycles. The van der Waals surface area contributed by atoms with E-state index in [1.165, 1.54) is 12.8 Å². The Bertz CT molecular complexity index is 735. The van der Waals surface area contributed by atoms with Crippen LogP contribution in [0.15, 0.2) is 24.5 Å². The van der Waals surface area contributed by atoms with Crippen LogP contribution in [-0.4, -0.2) is 68.7 Å². The molecule has 2 aromatic rings. The lowest BCUT2D eigenvalue weighted by Crippen LogP contribution is -2.41. The predicted octanol–water partition coefficient (Wildman–Crippen LogP) is 0.854. The molecule has 0 spiro atoms. The summed E-state index contributed by atoms with van der Waals surface area (Å²) in [5.74, 6) is -0.0155. The molecule has 2 fully saturated rings. The molecule has 6 nitrogen and oxygen atoms in total. The minimum Gasteiger partial charge on any atom is -0.390 e. The second-order valence-corrected chi connectivity index (χ2v) is 6.65. The fourth-order valence-corrected chi connectivity index (χ4v) is 3.82. The summed E-state index contributed by atoms with van der Waals surface area (Å²) in [6.45, 7) is 3.09. The number of β-amino-alcohol motifs (C(OH)–C–C–N with tert-alkyl or cyclic N) is 1. The third-order valence-electron chi connectivity index (χ3n) is 5.13. The maximum absolute atomic E-state index is 12.8. The van der Waals surface area contributed by atoms with E-state index in [-0.39, 0.29) is 11.9 Å². The Balaban J connectivity index is 1.53. The van der Waals surface area contributed by atoms with Crippen LogP contribution in [0.4, 0.5) is 0 Å². The van der Waals surface area contributed by atoms with Crippen LogP contribution in [0.2, 0.25) is 0 Å². The Morgan fingerprint density at radius 3 is 2.83 bits per heavy atom. The zero-order valence-corrected chi connectivity index (χ0v) is 13.4. The molecule has 2 aliphatic rings. The molecule has 0 bridgehead atoms. The van der Waals surface area contributed by atoms with Gasteiger partial charge in [0.2, 0.25) is 0 Å². The lowest BCUT2D eigenvalue weighted by Gasteiger charge is -2.25. The van der Waals surface area contributed by atoms with Crippen molar-refractivity contribution in [2.24, 2.45) is 7.05 Å². The van der Waals surface area contributed by atoms with Gasteiger partial charge in [0.05, 0.1) is 29.5 Å². The maximum Gasteiger partial charge on any atom is 0.254 e. The van der Waals surface area contributed by atoms with Gasteiger partial charge in [-0.15, -0.1) is 0 Å². The SMILES string of the molecule is Cn1cnc2cc(C(=O)N3C[C@H](O)[C@@H](N4CCCC4)C3)ccc21. The topological polar surface area (TPSA) is 61.6 Å². The number of aromatic nitrogens is 2. The lowest BCUT2D eigenvalue weighted by molar-refractivity contribution is 0.0763. The molecule has 1 aromatic heterocycles. The summed E-state index contributed by atoms with van der Waals surface area (Å²) < 4.78 is 1.94. The molecular formula is C17H22N4O2. The highest BCUT2D eigenvalue weighted by atomic mass is 16.3. The fraction of sp³-hybridized carbons (Fsp3) is 0.529. The van der Waals surface area contributed by atoms with Crippen LogP contribution in [0.1, 0.15) is 23.2 Å². The molecule has 2 saturated heterocycles. The van der Waals surface area contributed by atoms with Gasteiger partial charge in [-0.1, -0.05) is 0 Å². The first-order valence-corrected chi connectivity index (χ1v) is 8.26. The normalized spacial score (nSPS) is 25.6. The second-order valence-electron chi connectivity index (χ2n) is 6.65. The van der Waals surface area contributed by atoms with Crippen LogP contribution in [0.25, 0.3) is 11.0 Å². The molecule has 0 saturated carbocycles. The van der Waals surface area contributed by atoms with E-state index in [1.807, 2.05) is 29.8 Å². The highest BCUT2D eigenvalue weighted by Gasteiger charge is 2.38. The third-order valence-corrected chi connectivity index (χ3v) is 5.13. The van der Waals surface area contributed by atoms with Crippen LogP contribution >= 0.6 is 0 Å². The van der Waals surface area contributed by atoms with Crippen molar-refractivity contribution in [1.82, 2.24) is 19.4 Å². The number of aliphatic hydroxyl groups is 1. The molecule has 0 radical (unpaired) electrons. The number of hydrogen-bond acceptors (Lipinski definition) is 4. The Morgan fingerprint density at radius 2 is 2.04 bits per heavy atom. The van der Waals surface area contributed by atoms with E-state index in [2.05, 4.69) is 9.88 Å². The van der Waals surface area contributed by atoms with Gasteiger partial charge in [0.1, 0.15) is 0 Å². The van der Waals surface area contributed by atoms with Gasteiger partial charge in [0, 0.05) is 25.7 Å². The fourth-order valence-electron chi connectivity index (χ4n) is 3.82. The van der Waals surface area contributed by atoms with E-state index in [9.17, 15) is 9.90 Å². The van der Waals surface area contributed by atoms with Crippen molar-refractivity contribution in [2.45, 2.75) is 25.0 Å². The smallest absolute Gasteiger partial charge is 0.254 e. The first kappa shape index (κ1) is 14.7. The summed E-state index contributed by atoms with van der Waals surface area (Å²) in [6, 6.07) is 5.70. The maximum atomic E-state index is 12.8. The van der Waals surface area contributed by atoms with Crippen molar-refractivity contribution in [2.75, 3.05) is 26.2 Å². The summed E-state index contributed by atoms with van der Waals surface area (Å²) >= 11 is 0. The van der Waals surface area contributed by atoms with Gasteiger partial charge < -0.3 is 14.6 Å². The van der Waals surface area contributed by atoms with Gasteiger partial charge in [-0.2, -0.15) is 0 Å². The molecular weight excluding hydrogens is 292 g/mol. The standard InChI is InChI=1S/C17H22N4O2/c1-19-11-18-13-8-12(4-5-14(13)19)17(23)21-9-15(16(22)10-21)20-6-2-3-7-20/h4-5,8,11,15-16,22H,2-3,6-7,9-10H2,1H3/t15-,16-/m0/s1. The quantitative estimate of drug-likeness (QED) is 0.893. The van der Waals surface area contributed by atoms with Crippen molar-refractivity contribution in [1.29, 1.82) is 0 Å². The number of aryl methyl sites for hydroxylation is 1. The van der Waals surface area contributed by atoms with Crippen LogP contribution in [-0.2, 0) is 7.05 Å². The van der Waals surface area contributed by atoms with Gasteiger partial charge in [0.25, 0.3) is 5.91 Å². The van der Waals surface area contributed by atoms with Crippen LogP contribution < -0.4 is 0 Å². The molecule has 4 rings (SSSR count). The van der Waals surface area contributed by atoms with Gasteiger partial charge >= 0.3 is 0 Å². The largest absolute Gasteiger partial charge is 0.390 e. The number of likely N-dealkylation sites (tertiary alicyclic amines) is 2. The van der Waals surface area contributed by atoms with Crippen molar-refractivity contribution >= 4 is 16.9 Å². The summed E-state index contributed by atoms with van der Waals surface area (Å²) in [7, 11) is 1.94. The zero-order valence-electron chi connectivity index (χ0n) is 13.4. The highest BCUT2D eigenvalue weighted by Crippen LogP contribution is 2.23. The highest BCUT2D eigenvalue weighted by molar-refractivity contribution is 5.97. The van der Waals surface area contributed by atoms with Crippen molar-refractivity contribution in [3.05, 3.63) is 30.1 Å². The molecule has 1 N–H and O–H groups in total. The first-order valence-electron chi connectivity index (χ1n) is 8.26. The molecule has 6 heteroatoms. The lowest BCUT2D eigenvalue weighted by atomic mass is 10.1. The average Bonchev–Trinajstić information content (AvgIpc) is 3.27. The van der Waals surface area contributed by atoms with Gasteiger partial charge in [-0.25, -0.2) is 4.98 Å². The second kappa shape index (κ2) is 5.62. The van der Waals surface area contributed by atoms with Crippen LogP contribution in [0.5, 0.6) is 0 Å². The van der Waals surface area contributed by atoms with E-state index >= 15 is 0 Å². The summed E-state index contributed by atoms with van der Waals surface area (Å²) in [6.07, 6.45) is 3.68. The average molecular weight is 314 g/mol. The number of aliphatic hydroxyl groups excluding tert-OH is 1. The Kier molecular flexibility index (Phi) is 3.58. The Hall–Kier alpha value is -1.92. The van der Waals surface area contributed by atoms with Gasteiger partial charge in [-0.05, 0) is 44.1 Å². The molecule has 0 unspecified atom stereocenters. The van der Waals surface area contributed by atoms with Crippen molar-refractivity contribution < 1.29 is 9.90 Å². The predicted molar refractivity (Wildman–Crippen MR) is 87.2 cm³/mol. The minimum absolute atomic E-state index is 0.0155. The summed E-state index contributed by atoms with van der Waals surface area (Å²) in [4.78, 5) is 21.2. The molecule has 1 aromatic carbocycles. The Labute approximate surface area is 135 Å². The van der Waals surface area contributed by atoms with Gasteiger partial charge in [0.15, 0.2) is 0 Å². The van der Waals surface area contributed by atoms with E-state index in [0.29, 0.717) is 18.7 Å². The Morgan fingerprint density at radius 1 is 1.26 bits per heavy atom. The monoisotopic (exact) mass is 314 g/mol.